The molecule has 0 unspecified atom stereocenters. The fraction of sp³-hybridized carbons (Fsp3) is 0.692. The summed E-state index contributed by atoms with van der Waals surface area (Å²) < 4.78 is 10.0. The molecular formula is C13H18O4. The van der Waals surface area contributed by atoms with E-state index in [0.717, 1.165) is 25.7 Å². The number of allylic oxidation sites excluding steroid dienone is 1. The fourth-order valence-electron chi connectivity index (χ4n) is 3.06. The van der Waals surface area contributed by atoms with E-state index in [1.807, 2.05) is 0 Å². The fourth-order valence-corrected chi connectivity index (χ4v) is 3.06. The highest BCUT2D eigenvalue weighted by atomic mass is 16.5. The lowest BCUT2D eigenvalue weighted by molar-refractivity contribution is -0.150. The van der Waals surface area contributed by atoms with Gasteiger partial charge in [0.15, 0.2) is 5.78 Å². The van der Waals surface area contributed by atoms with Crippen molar-refractivity contribution in [1.29, 1.82) is 0 Å². The molecule has 4 heteroatoms. The number of hydrogen-bond donors (Lipinski definition) is 0. The molecule has 2 aliphatic rings. The summed E-state index contributed by atoms with van der Waals surface area (Å²) >= 11 is 0. The van der Waals surface area contributed by atoms with Crippen LogP contribution in [0.25, 0.3) is 0 Å². The Balaban J connectivity index is 2.34. The quantitative estimate of drug-likeness (QED) is 0.687. The summed E-state index contributed by atoms with van der Waals surface area (Å²) in [6.07, 6.45) is 5.39. The number of carbonyl (C=O) groups excluding carboxylic acids is 2. The summed E-state index contributed by atoms with van der Waals surface area (Å²) in [5.74, 6) is -0.0809. The molecule has 4 nitrogen and oxygen atoms in total. The van der Waals surface area contributed by atoms with Gasteiger partial charge in [0.25, 0.3) is 0 Å². The highest BCUT2D eigenvalue weighted by molar-refractivity contribution is 5.95. The predicted octanol–water partition coefficient (Wildman–Crippen LogP) is 1.69. The number of hydrogen-bond acceptors (Lipinski definition) is 4. The number of ether oxygens (including phenoxy) is 2. The summed E-state index contributed by atoms with van der Waals surface area (Å²) in [5, 5.41) is 0. The second-order valence-electron chi connectivity index (χ2n) is 4.71. The lowest BCUT2D eigenvalue weighted by Gasteiger charge is -2.38. The Hall–Kier alpha value is -1.32. The molecule has 0 radical (unpaired) electrons. The topological polar surface area (TPSA) is 52.6 Å². The molecule has 0 aromatic carbocycles. The molecule has 94 valence electrons. The van der Waals surface area contributed by atoms with Gasteiger partial charge in [-0.05, 0) is 18.8 Å². The zero-order valence-electron chi connectivity index (χ0n) is 10.3. The highest BCUT2D eigenvalue weighted by Crippen LogP contribution is 2.42. The molecule has 17 heavy (non-hydrogen) atoms. The minimum absolute atomic E-state index is 0.0215. The SMILES string of the molecule is COC(=O)[C@@H]1C(OC)=CC(=O)[C@@H]2CCCC[C@@H]12. The van der Waals surface area contributed by atoms with E-state index < -0.39 is 5.92 Å². The smallest absolute Gasteiger partial charge is 0.316 e. The minimum atomic E-state index is -0.395. The molecule has 2 aliphatic carbocycles. The Morgan fingerprint density at radius 1 is 1.29 bits per heavy atom. The lowest BCUT2D eigenvalue weighted by Crippen LogP contribution is -2.41. The highest BCUT2D eigenvalue weighted by Gasteiger charge is 2.45. The molecule has 0 aliphatic heterocycles. The van der Waals surface area contributed by atoms with Crippen molar-refractivity contribution in [2.24, 2.45) is 17.8 Å². The zero-order chi connectivity index (χ0) is 12.4. The first-order valence-corrected chi connectivity index (χ1v) is 6.06. The van der Waals surface area contributed by atoms with Crippen molar-refractivity contribution in [2.45, 2.75) is 25.7 Å². The van der Waals surface area contributed by atoms with Gasteiger partial charge < -0.3 is 9.47 Å². The van der Waals surface area contributed by atoms with Crippen LogP contribution < -0.4 is 0 Å². The third-order valence-electron chi connectivity index (χ3n) is 3.89. The minimum Gasteiger partial charge on any atom is -0.500 e. The van der Waals surface area contributed by atoms with E-state index in [2.05, 4.69) is 0 Å². The number of rotatable bonds is 2. The maximum Gasteiger partial charge on any atom is 0.316 e. The summed E-state index contributed by atoms with van der Waals surface area (Å²) in [6.45, 7) is 0. The van der Waals surface area contributed by atoms with Crippen LogP contribution in [-0.4, -0.2) is 26.0 Å². The molecule has 0 heterocycles. The van der Waals surface area contributed by atoms with Crippen LogP contribution >= 0.6 is 0 Å². The van der Waals surface area contributed by atoms with Crippen molar-refractivity contribution in [1.82, 2.24) is 0 Å². The van der Waals surface area contributed by atoms with Crippen LogP contribution in [0.4, 0.5) is 0 Å². The van der Waals surface area contributed by atoms with Crippen LogP contribution in [0.5, 0.6) is 0 Å². The Morgan fingerprint density at radius 3 is 2.65 bits per heavy atom. The van der Waals surface area contributed by atoms with Crippen molar-refractivity contribution < 1.29 is 19.1 Å². The summed E-state index contributed by atoms with van der Waals surface area (Å²) in [4.78, 5) is 23.8. The van der Waals surface area contributed by atoms with Crippen LogP contribution in [0.1, 0.15) is 25.7 Å². The molecule has 0 aromatic heterocycles. The van der Waals surface area contributed by atoms with Crippen molar-refractivity contribution >= 4 is 11.8 Å². The number of carbonyl (C=O) groups is 2. The van der Waals surface area contributed by atoms with Gasteiger partial charge in [-0.3, -0.25) is 9.59 Å². The number of ketones is 1. The van der Waals surface area contributed by atoms with Crippen molar-refractivity contribution in [3.8, 4) is 0 Å². The van der Waals surface area contributed by atoms with Crippen molar-refractivity contribution in [3.63, 3.8) is 0 Å². The Bertz CT molecular complexity index is 358. The third kappa shape index (κ3) is 2.08. The van der Waals surface area contributed by atoms with E-state index in [0.29, 0.717) is 5.76 Å². The van der Waals surface area contributed by atoms with E-state index in [1.165, 1.54) is 20.3 Å². The maximum absolute atomic E-state index is 11.9. The van der Waals surface area contributed by atoms with Crippen molar-refractivity contribution in [2.75, 3.05) is 14.2 Å². The molecule has 0 spiro atoms. The molecular weight excluding hydrogens is 220 g/mol. The predicted molar refractivity (Wildman–Crippen MR) is 61.1 cm³/mol. The molecule has 3 atom stereocenters. The average Bonchev–Trinajstić information content (AvgIpc) is 2.37. The average molecular weight is 238 g/mol. The van der Waals surface area contributed by atoms with E-state index >= 15 is 0 Å². The summed E-state index contributed by atoms with van der Waals surface area (Å²) in [5.41, 5.74) is 0. The first-order valence-electron chi connectivity index (χ1n) is 6.06. The Labute approximate surface area is 101 Å². The van der Waals surface area contributed by atoms with Gasteiger partial charge in [0.05, 0.1) is 14.2 Å². The first kappa shape index (κ1) is 12.1. The third-order valence-corrected chi connectivity index (χ3v) is 3.89. The standard InChI is InChI=1S/C13H18O4/c1-16-11-7-10(14)8-5-3-4-6-9(8)12(11)13(15)17-2/h7-9,12H,3-6H2,1-2H3/t8-,9-,12+/m1/s1. The van der Waals surface area contributed by atoms with Gasteiger partial charge in [-0.15, -0.1) is 0 Å². The summed E-state index contributed by atoms with van der Waals surface area (Å²) in [6, 6.07) is 0. The second kappa shape index (κ2) is 4.90. The summed E-state index contributed by atoms with van der Waals surface area (Å²) in [7, 11) is 2.88. The second-order valence-corrected chi connectivity index (χ2v) is 4.71. The molecule has 0 aromatic rings. The molecule has 0 bridgehead atoms. The van der Waals surface area contributed by atoms with Gasteiger partial charge in [0.2, 0.25) is 0 Å². The number of fused-ring (bicyclic) bond motifs is 1. The molecule has 2 rings (SSSR count). The Morgan fingerprint density at radius 2 is 2.00 bits per heavy atom. The van der Waals surface area contributed by atoms with E-state index in [4.69, 9.17) is 9.47 Å². The van der Waals surface area contributed by atoms with Crippen LogP contribution in [-0.2, 0) is 19.1 Å². The van der Waals surface area contributed by atoms with Crippen molar-refractivity contribution in [3.05, 3.63) is 11.8 Å². The van der Waals surface area contributed by atoms with Gasteiger partial charge in [-0.2, -0.15) is 0 Å². The van der Waals surface area contributed by atoms with E-state index in [9.17, 15) is 9.59 Å². The van der Waals surface area contributed by atoms with E-state index in [1.54, 1.807) is 0 Å². The van der Waals surface area contributed by atoms with Crippen LogP contribution in [0.3, 0.4) is 0 Å². The van der Waals surface area contributed by atoms with Gasteiger partial charge in [0, 0.05) is 12.0 Å². The largest absolute Gasteiger partial charge is 0.500 e. The van der Waals surface area contributed by atoms with Crippen LogP contribution in [0.2, 0.25) is 0 Å². The van der Waals surface area contributed by atoms with E-state index in [-0.39, 0.29) is 23.6 Å². The van der Waals surface area contributed by atoms with Crippen LogP contribution in [0, 0.1) is 17.8 Å². The monoisotopic (exact) mass is 238 g/mol. The number of esters is 1. The van der Waals surface area contributed by atoms with Gasteiger partial charge >= 0.3 is 5.97 Å². The molecule has 0 amide bonds. The van der Waals surface area contributed by atoms with Gasteiger partial charge in [0.1, 0.15) is 11.7 Å². The van der Waals surface area contributed by atoms with Gasteiger partial charge in [-0.25, -0.2) is 0 Å². The molecule has 0 N–H and O–H groups in total. The Kier molecular flexibility index (Phi) is 3.50. The number of methoxy groups -OCH3 is 2. The zero-order valence-corrected chi connectivity index (χ0v) is 10.3. The maximum atomic E-state index is 11.9. The molecule has 0 saturated heterocycles. The normalized spacial score (nSPS) is 32.5. The first-order chi connectivity index (χ1) is 8.19. The molecule has 1 fully saturated rings. The lowest BCUT2D eigenvalue weighted by atomic mass is 9.67. The molecule has 1 saturated carbocycles. The van der Waals surface area contributed by atoms with Gasteiger partial charge in [-0.1, -0.05) is 12.8 Å². The van der Waals surface area contributed by atoms with Crippen LogP contribution in [0.15, 0.2) is 11.8 Å².